The van der Waals surface area contributed by atoms with Gasteiger partial charge in [-0.25, -0.2) is 4.98 Å². The minimum atomic E-state index is -0.128. The Morgan fingerprint density at radius 1 is 1.52 bits per heavy atom. The largest absolute Gasteiger partial charge is 0.396 e. The van der Waals surface area contributed by atoms with Gasteiger partial charge in [-0.15, -0.1) is 0 Å². The first-order valence-corrected chi connectivity index (χ1v) is 7.65. The number of hydrogen-bond acceptors (Lipinski definition) is 4. The Kier molecular flexibility index (Phi) is 5.17. The van der Waals surface area contributed by atoms with Gasteiger partial charge >= 0.3 is 0 Å². The summed E-state index contributed by atoms with van der Waals surface area (Å²) in [6.07, 6.45) is 6.10. The molecule has 3 N–H and O–H groups in total. The molecule has 0 aliphatic heterocycles. The number of nitrogens with zero attached hydrogens (tertiary/aromatic N) is 1. The zero-order valence-corrected chi connectivity index (χ0v) is 12.9. The Balaban J connectivity index is 2.07. The van der Waals surface area contributed by atoms with Crippen LogP contribution in [0.1, 0.15) is 43.0 Å². The highest BCUT2D eigenvalue weighted by atomic mass is 16.3. The van der Waals surface area contributed by atoms with Crippen LogP contribution < -0.4 is 10.6 Å². The molecule has 0 bridgehead atoms. The predicted octanol–water partition coefficient (Wildman–Crippen LogP) is 2.04. The summed E-state index contributed by atoms with van der Waals surface area (Å²) in [5.74, 6) is 0.979. The summed E-state index contributed by atoms with van der Waals surface area (Å²) in [5.41, 5.74) is 0.796. The van der Waals surface area contributed by atoms with Crippen LogP contribution in [-0.2, 0) is 0 Å². The minimum absolute atomic E-state index is 0.128. The summed E-state index contributed by atoms with van der Waals surface area (Å²) >= 11 is 0. The van der Waals surface area contributed by atoms with E-state index in [0.29, 0.717) is 17.3 Å². The number of aliphatic hydroxyl groups is 1. The number of carbonyl (C=O) groups excluding carboxylic acids is 1. The Labute approximate surface area is 126 Å². The second kappa shape index (κ2) is 6.89. The van der Waals surface area contributed by atoms with Crippen LogP contribution in [-0.4, -0.2) is 36.2 Å². The summed E-state index contributed by atoms with van der Waals surface area (Å²) < 4.78 is 0. The van der Waals surface area contributed by atoms with E-state index in [1.54, 1.807) is 25.4 Å². The van der Waals surface area contributed by atoms with Crippen molar-refractivity contribution in [3.8, 4) is 0 Å². The highest BCUT2D eigenvalue weighted by molar-refractivity contribution is 5.98. The van der Waals surface area contributed by atoms with Crippen molar-refractivity contribution in [3.63, 3.8) is 0 Å². The summed E-state index contributed by atoms with van der Waals surface area (Å²) in [6, 6.07) is 3.54. The van der Waals surface area contributed by atoms with Crippen molar-refractivity contribution in [1.82, 2.24) is 10.3 Å². The number of nitrogens with one attached hydrogen (secondary N) is 2. The van der Waals surface area contributed by atoms with Crippen molar-refractivity contribution >= 4 is 11.7 Å². The molecule has 0 aromatic carbocycles. The molecule has 1 fully saturated rings. The van der Waals surface area contributed by atoms with Crippen LogP contribution in [0.4, 0.5) is 5.82 Å². The molecule has 0 saturated heterocycles. The van der Waals surface area contributed by atoms with Crippen LogP contribution in [0.25, 0.3) is 0 Å². The van der Waals surface area contributed by atoms with E-state index in [-0.39, 0.29) is 17.9 Å². The molecule has 1 aromatic heterocycles. The van der Waals surface area contributed by atoms with Gasteiger partial charge in [-0.1, -0.05) is 13.3 Å². The number of amides is 1. The molecule has 1 amide bonds. The molecule has 0 unspecified atom stereocenters. The van der Waals surface area contributed by atoms with E-state index in [2.05, 4.69) is 22.5 Å². The van der Waals surface area contributed by atoms with Crippen molar-refractivity contribution in [2.45, 2.75) is 32.6 Å². The molecule has 1 aromatic rings. The summed E-state index contributed by atoms with van der Waals surface area (Å²) in [5, 5.41) is 15.2. The van der Waals surface area contributed by atoms with Crippen LogP contribution in [0.2, 0.25) is 0 Å². The molecule has 2 rings (SSSR count). The molecule has 5 heteroatoms. The third-order valence-corrected chi connectivity index (χ3v) is 4.84. The third-order valence-electron chi connectivity index (χ3n) is 4.84. The van der Waals surface area contributed by atoms with Crippen LogP contribution in [0.3, 0.4) is 0 Å². The zero-order chi connectivity index (χ0) is 15.3. The average molecular weight is 291 g/mol. The highest BCUT2D eigenvalue weighted by Crippen LogP contribution is 2.48. The van der Waals surface area contributed by atoms with Crippen molar-refractivity contribution in [2.24, 2.45) is 11.3 Å². The van der Waals surface area contributed by atoms with E-state index >= 15 is 0 Å². The van der Waals surface area contributed by atoms with Crippen LogP contribution >= 0.6 is 0 Å². The number of aliphatic hydroxyl groups excluding tert-OH is 1. The maximum absolute atomic E-state index is 11.9. The highest BCUT2D eigenvalue weighted by Gasteiger charge is 2.41. The fourth-order valence-corrected chi connectivity index (χ4v) is 3.10. The van der Waals surface area contributed by atoms with E-state index in [0.717, 1.165) is 13.0 Å². The molecule has 1 aliphatic carbocycles. The van der Waals surface area contributed by atoms with E-state index in [1.807, 2.05) is 0 Å². The topological polar surface area (TPSA) is 74.2 Å². The Bertz CT molecular complexity index is 486. The second-order valence-electron chi connectivity index (χ2n) is 5.96. The van der Waals surface area contributed by atoms with Crippen molar-refractivity contribution in [2.75, 3.05) is 25.5 Å². The van der Waals surface area contributed by atoms with Crippen LogP contribution in [0, 0.1) is 11.3 Å². The van der Waals surface area contributed by atoms with Gasteiger partial charge < -0.3 is 15.7 Å². The average Bonchev–Trinajstić information content (AvgIpc) is 2.46. The lowest BCUT2D eigenvalue weighted by molar-refractivity contribution is 0.0572. The Morgan fingerprint density at radius 2 is 2.29 bits per heavy atom. The zero-order valence-electron chi connectivity index (χ0n) is 12.9. The third kappa shape index (κ3) is 3.35. The van der Waals surface area contributed by atoms with Gasteiger partial charge in [-0.3, -0.25) is 4.79 Å². The van der Waals surface area contributed by atoms with Gasteiger partial charge in [0.15, 0.2) is 0 Å². The molecule has 116 valence electrons. The fourth-order valence-electron chi connectivity index (χ4n) is 3.10. The number of carbonyl (C=O) groups is 1. The van der Waals surface area contributed by atoms with Crippen molar-refractivity contribution in [3.05, 3.63) is 23.9 Å². The number of rotatable bonds is 7. The van der Waals surface area contributed by atoms with E-state index in [4.69, 9.17) is 5.11 Å². The molecular formula is C16H25N3O2. The first-order chi connectivity index (χ1) is 10.1. The number of anilines is 1. The van der Waals surface area contributed by atoms with Gasteiger partial charge in [-0.05, 0) is 42.7 Å². The second-order valence-corrected chi connectivity index (χ2v) is 5.96. The standard InChI is InChI=1S/C16H25N3O2/c1-12(6-10-20)16(7-4-8-16)11-19-14-13(15(21)17-2)5-3-9-18-14/h3,5,9,12,20H,4,6-8,10-11H2,1-2H3,(H,17,21)(H,18,19)/t12-/m0/s1. The minimum Gasteiger partial charge on any atom is -0.396 e. The van der Waals surface area contributed by atoms with Crippen molar-refractivity contribution in [1.29, 1.82) is 0 Å². The smallest absolute Gasteiger partial charge is 0.254 e. The molecule has 1 atom stereocenters. The SMILES string of the molecule is CNC(=O)c1cccnc1NCC1([C@@H](C)CCO)CCC1. The lowest BCUT2D eigenvalue weighted by atomic mass is 9.60. The van der Waals surface area contributed by atoms with E-state index < -0.39 is 0 Å². The number of pyridine rings is 1. The normalized spacial score (nSPS) is 17.7. The Morgan fingerprint density at radius 3 is 2.86 bits per heavy atom. The quantitative estimate of drug-likeness (QED) is 0.719. The first-order valence-electron chi connectivity index (χ1n) is 7.65. The van der Waals surface area contributed by atoms with Gasteiger partial charge in [-0.2, -0.15) is 0 Å². The number of hydrogen-bond donors (Lipinski definition) is 3. The monoisotopic (exact) mass is 291 g/mol. The molecule has 21 heavy (non-hydrogen) atoms. The fraction of sp³-hybridized carbons (Fsp3) is 0.625. The maximum atomic E-state index is 11.9. The van der Waals surface area contributed by atoms with Gasteiger partial charge in [0.1, 0.15) is 5.82 Å². The Hall–Kier alpha value is -1.62. The summed E-state index contributed by atoms with van der Waals surface area (Å²) in [6.45, 7) is 3.24. The number of aromatic nitrogens is 1. The summed E-state index contributed by atoms with van der Waals surface area (Å²) in [4.78, 5) is 16.1. The maximum Gasteiger partial charge on any atom is 0.254 e. The molecule has 1 aliphatic rings. The van der Waals surface area contributed by atoms with Gasteiger partial charge in [0.25, 0.3) is 5.91 Å². The summed E-state index contributed by atoms with van der Waals surface area (Å²) in [7, 11) is 1.62. The van der Waals surface area contributed by atoms with Crippen molar-refractivity contribution < 1.29 is 9.90 Å². The van der Waals surface area contributed by atoms with Crippen LogP contribution in [0.5, 0.6) is 0 Å². The molecule has 5 nitrogen and oxygen atoms in total. The van der Waals surface area contributed by atoms with Gasteiger partial charge in [0.2, 0.25) is 0 Å². The molecule has 1 saturated carbocycles. The van der Waals surface area contributed by atoms with Crippen LogP contribution in [0.15, 0.2) is 18.3 Å². The molecule has 1 heterocycles. The van der Waals surface area contributed by atoms with E-state index in [1.165, 1.54) is 19.3 Å². The molecular weight excluding hydrogens is 266 g/mol. The van der Waals surface area contributed by atoms with Gasteiger partial charge in [0, 0.05) is 26.4 Å². The molecule has 0 spiro atoms. The first kappa shape index (κ1) is 15.8. The van der Waals surface area contributed by atoms with Gasteiger partial charge in [0.05, 0.1) is 5.56 Å². The lowest BCUT2D eigenvalue weighted by Gasteiger charge is -2.47. The predicted molar refractivity (Wildman–Crippen MR) is 83.3 cm³/mol. The lowest BCUT2D eigenvalue weighted by Crippen LogP contribution is -2.42. The van der Waals surface area contributed by atoms with E-state index in [9.17, 15) is 4.79 Å². The molecule has 0 radical (unpaired) electrons.